The minimum absolute atomic E-state index is 0.0230. The Bertz CT molecular complexity index is 969. The Hall–Kier alpha value is -3.03. The van der Waals surface area contributed by atoms with E-state index in [0.29, 0.717) is 28.6 Å². The second kappa shape index (κ2) is 14.0. The molecule has 2 aromatic heterocycles. The molecule has 2 heterocycles. The highest BCUT2D eigenvalue weighted by atomic mass is 32.2. The van der Waals surface area contributed by atoms with E-state index in [4.69, 9.17) is 15.9 Å². The number of allylic oxidation sites excluding steroid dienone is 4. The lowest BCUT2D eigenvalue weighted by Crippen LogP contribution is -2.18. The van der Waals surface area contributed by atoms with Crippen LogP contribution in [0.5, 0.6) is 0 Å². The van der Waals surface area contributed by atoms with E-state index >= 15 is 0 Å². The van der Waals surface area contributed by atoms with Gasteiger partial charge in [-0.05, 0) is 26.3 Å². The largest absolute Gasteiger partial charge is 0.481 e. The summed E-state index contributed by atoms with van der Waals surface area (Å²) in [5.74, 6) is -0.0437. The number of nitrogens with zero attached hydrogens (tertiary/aromatic N) is 3. The first-order chi connectivity index (χ1) is 14.2. The molecule has 0 aliphatic rings. The number of hydrogen-bond acceptors (Lipinski definition) is 7. The lowest BCUT2D eigenvalue weighted by Gasteiger charge is -2.06. The molecule has 0 aromatic carbocycles. The Labute approximate surface area is 180 Å². The second-order valence-electron chi connectivity index (χ2n) is 6.01. The molecule has 0 radical (unpaired) electrons. The number of aromatic amines is 1. The number of thioether (sulfide) groups is 1. The first kappa shape index (κ1) is 27.0. The number of carbonyl (C=O) groups is 1. The average Bonchev–Trinajstić information content (AvgIpc) is 3.03. The fourth-order valence-electron chi connectivity index (χ4n) is 2.15. The maximum atomic E-state index is 12.2. The molecule has 30 heavy (non-hydrogen) atoms. The van der Waals surface area contributed by atoms with Gasteiger partial charge in [0.1, 0.15) is 5.52 Å². The summed E-state index contributed by atoms with van der Waals surface area (Å²) in [5.41, 5.74) is 8.72. The normalized spacial score (nSPS) is 10.4. The fourth-order valence-corrected chi connectivity index (χ4v) is 2.74. The van der Waals surface area contributed by atoms with E-state index in [1.807, 2.05) is 32.9 Å². The van der Waals surface area contributed by atoms with E-state index in [-0.39, 0.29) is 24.5 Å². The van der Waals surface area contributed by atoms with Gasteiger partial charge in [-0.2, -0.15) is 0 Å². The minimum atomic E-state index is -0.745. The van der Waals surface area contributed by atoms with Crippen LogP contribution in [0.4, 0.5) is 5.82 Å². The summed E-state index contributed by atoms with van der Waals surface area (Å²) in [6, 6.07) is 0. The molecule has 164 valence electrons. The molecular weight excluding hydrogens is 406 g/mol. The van der Waals surface area contributed by atoms with Crippen molar-refractivity contribution < 1.29 is 15.0 Å². The van der Waals surface area contributed by atoms with Crippen molar-refractivity contribution in [3.63, 3.8) is 0 Å². The number of imidazole rings is 1. The lowest BCUT2D eigenvalue weighted by atomic mass is 10.2. The van der Waals surface area contributed by atoms with Crippen molar-refractivity contribution in [1.82, 2.24) is 19.5 Å². The summed E-state index contributed by atoms with van der Waals surface area (Å²) in [4.78, 5) is 32.9. The first-order valence-corrected chi connectivity index (χ1v) is 10.1. The maximum absolute atomic E-state index is 12.2. The van der Waals surface area contributed by atoms with E-state index < -0.39 is 5.97 Å². The predicted molar refractivity (Wildman–Crippen MR) is 121 cm³/mol. The Morgan fingerprint density at radius 2 is 1.93 bits per heavy atom. The van der Waals surface area contributed by atoms with Gasteiger partial charge in [0.05, 0.1) is 13.2 Å². The number of aliphatic hydroxyl groups is 1. The fraction of sp³-hybridized carbons (Fsp3) is 0.400. The number of aliphatic carboxylic acids is 1. The number of rotatable bonds is 7. The van der Waals surface area contributed by atoms with Crippen LogP contribution in [0.1, 0.15) is 34.1 Å². The van der Waals surface area contributed by atoms with Gasteiger partial charge in [0, 0.05) is 12.2 Å². The van der Waals surface area contributed by atoms with Crippen LogP contribution in [0.2, 0.25) is 0 Å². The SMILES string of the molecule is C#C.C/C=C(\C=C(C)C)Cn1c(=O)[nH]c2c(N)nc(SCCO)nc21.CCC(=O)O. The monoisotopic (exact) mass is 435 g/mol. The van der Waals surface area contributed by atoms with Crippen LogP contribution in [0.25, 0.3) is 11.2 Å². The van der Waals surface area contributed by atoms with Gasteiger partial charge >= 0.3 is 11.7 Å². The molecule has 5 N–H and O–H groups in total. The molecule has 9 nitrogen and oxygen atoms in total. The zero-order chi connectivity index (χ0) is 23.3. The summed E-state index contributed by atoms with van der Waals surface area (Å²) in [6.07, 6.45) is 12.2. The van der Waals surface area contributed by atoms with Crippen LogP contribution in [-0.2, 0) is 11.3 Å². The van der Waals surface area contributed by atoms with Crippen molar-refractivity contribution in [2.75, 3.05) is 18.1 Å². The molecule has 2 aromatic rings. The molecule has 0 bridgehead atoms. The molecule has 0 saturated carbocycles. The zero-order valence-electron chi connectivity index (χ0n) is 17.7. The molecule has 0 atom stereocenters. The Morgan fingerprint density at radius 3 is 2.40 bits per heavy atom. The number of aromatic nitrogens is 4. The molecule has 0 saturated heterocycles. The van der Waals surface area contributed by atoms with Crippen molar-refractivity contribution in [3.05, 3.63) is 33.8 Å². The van der Waals surface area contributed by atoms with Crippen LogP contribution in [0, 0.1) is 12.8 Å². The number of nitrogen functional groups attached to an aromatic ring is 1. The van der Waals surface area contributed by atoms with Gasteiger partial charge in [-0.3, -0.25) is 9.36 Å². The van der Waals surface area contributed by atoms with Crippen molar-refractivity contribution in [3.8, 4) is 12.8 Å². The van der Waals surface area contributed by atoms with E-state index in [9.17, 15) is 9.59 Å². The number of anilines is 1. The average molecular weight is 436 g/mol. The van der Waals surface area contributed by atoms with E-state index in [0.717, 1.165) is 11.1 Å². The van der Waals surface area contributed by atoms with E-state index in [2.05, 4.69) is 27.8 Å². The summed E-state index contributed by atoms with van der Waals surface area (Å²) in [5, 5.41) is 17.1. The molecule has 0 aliphatic carbocycles. The minimum Gasteiger partial charge on any atom is -0.481 e. The Kier molecular flexibility index (Phi) is 12.6. The van der Waals surface area contributed by atoms with Crippen molar-refractivity contribution in [2.24, 2.45) is 0 Å². The number of H-pyrrole nitrogens is 1. The number of carboxylic acid groups (broad SMARTS) is 1. The maximum Gasteiger partial charge on any atom is 0.328 e. The molecule has 2 rings (SSSR count). The third kappa shape index (κ3) is 8.55. The summed E-state index contributed by atoms with van der Waals surface area (Å²) < 4.78 is 1.55. The highest BCUT2D eigenvalue weighted by molar-refractivity contribution is 7.99. The number of nitrogens with one attached hydrogen (secondary N) is 1. The number of fused-ring (bicyclic) bond motifs is 1. The van der Waals surface area contributed by atoms with Crippen LogP contribution in [0.3, 0.4) is 0 Å². The van der Waals surface area contributed by atoms with Crippen LogP contribution < -0.4 is 11.4 Å². The van der Waals surface area contributed by atoms with Gasteiger partial charge in [-0.15, -0.1) is 12.8 Å². The third-order valence-corrected chi connectivity index (χ3v) is 4.27. The van der Waals surface area contributed by atoms with Gasteiger partial charge in [-0.1, -0.05) is 36.4 Å². The van der Waals surface area contributed by atoms with Crippen LogP contribution in [-0.4, -0.2) is 48.1 Å². The highest BCUT2D eigenvalue weighted by Crippen LogP contribution is 2.20. The molecule has 0 aliphatic heterocycles. The standard InChI is InChI=1S/C15H21N5O2S.C3H6O2.C2H2/c1-4-10(7-9(2)3)8-20-13-11(17-15(20)22)12(16)18-14(19-13)23-6-5-21;1-2-3(4)5;1-2/h4,7,21H,5-6,8H2,1-3H3,(H,17,22)(H2,16,18,19);2H2,1H3,(H,4,5);1-2H/b10-4+;;. The quantitative estimate of drug-likeness (QED) is 0.224. The third-order valence-electron chi connectivity index (χ3n) is 3.44. The second-order valence-corrected chi connectivity index (χ2v) is 7.07. The van der Waals surface area contributed by atoms with Gasteiger partial charge in [0.15, 0.2) is 16.6 Å². The molecule has 0 spiro atoms. The summed E-state index contributed by atoms with van der Waals surface area (Å²) in [6.45, 7) is 7.97. The zero-order valence-corrected chi connectivity index (χ0v) is 18.5. The van der Waals surface area contributed by atoms with Crippen LogP contribution >= 0.6 is 11.8 Å². The van der Waals surface area contributed by atoms with E-state index in [1.54, 1.807) is 11.5 Å². The first-order valence-electron chi connectivity index (χ1n) is 9.08. The van der Waals surface area contributed by atoms with Gasteiger partial charge < -0.3 is 20.9 Å². The van der Waals surface area contributed by atoms with Gasteiger partial charge in [0.2, 0.25) is 0 Å². The number of terminal acetylenes is 1. The number of hydrogen-bond donors (Lipinski definition) is 4. The smallest absolute Gasteiger partial charge is 0.328 e. The summed E-state index contributed by atoms with van der Waals surface area (Å²) >= 11 is 1.29. The molecule has 0 unspecified atom stereocenters. The number of carboxylic acids is 1. The van der Waals surface area contributed by atoms with Crippen molar-refractivity contribution >= 4 is 34.7 Å². The summed E-state index contributed by atoms with van der Waals surface area (Å²) in [7, 11) is 0. The molecule has 10 heteroatoms. The van der Waals surface area contributed by atoms with Crippen LogP contribution in [0.15, 0.2) is 33.2 Å². The molecule has 0 amide bonds. The number of nitrogens with two attached hydrogens (primary N) is 1. The van der Waals surface area contributed by atoms with Crippen molar-refractivity contribution in [2.45, 2.75) is 45.8 Å². The lowest BCUT2D eigenvalue weighted by molar-refractivity contribution is -0.136. The van der Waals surface area contributed by atoms with Gasteiger partial charge in [0.25, 0.3) is 0 Å². The van der Waals surface area contributed by atoms with Gasteiger partial charge in [-0.25, -0.2) is 14.8 Å². The predicted octanol–water partition coefficient (Wildman–Crippen LogP) is 2.43. The topological polar surface area (TPSA) is 147 Å². The molecule has 0 fully saturated rings. The van der Waals surface area contributed by atoms with E-state index in [1.165, 1.54) is 11.8 Å². The Balaban J connectivity index is 0.00000105. The number of aliphatic hydroxyl groups excluding tert-OH is 1. The Morgan fingerprint density at radius 1 is 1.33 bits per heavy atom. The highest BCUT2D eigenvalue weighted by Gasteiger charge is 2.14. The van der Waals surface area contributed by atoms with Crippen molar-refractivity contribution in [1.29, 1.82) is 0 Å². The molecular formula is C20H29N5O4S.